The van der Waals surface area contributed by atoms with Crippen LogP contribution >= 0.6 is 34.4 Å². The predicted octanol–water partition coefficient (Wildman–Crippen LogP) is 2.99. The van der Waals surface area contributed by atoms with Gasteiger partial charge in [0.2, 0.25) is 5.91 Å². The van der Waals surface area contributed by atoms with Gasteiger partial charge in [0.1, 0.15) is 5.82 Å². The van der Waals surface area contributed by atoms with E-state index in [2.05, 4.69) is 32.4 Å². The highest BCUT2D eigenvalue weighted by molar-refractivity contribution is 7.99. The molecule has 3 aromatic heterocycles. The van der Waals surface area contributed by atoms with Crippen LogP contribution in [0.3, 0.4) is 0 Å². The van der Waals surface area contributed by atoms with Crippen molar-refractivity contribution in [1.29, 1.82) is 0 Å². The van der Waals surface area contributed by atoms with Gasteiger partial charge in [0.25, 0.3) is 5.91 Å². The number of carbonyl (C=O) groups is 2. The Bertz CT molecular complexity index is 980. The molecule has 0 aromatic carbocycles. The van der Waals surface area contributed by atoms with Gasteiger partial charge in [0.05, 0.1) is 16.3 Å². The summed E-state index contributed by atoms with van der Waals surface area (Å²) in [6, 6.07) is 3.63. The zero-order chi connectivity index (χ0) is 20.6. The molecule has 0 aliphatic carbocycles. The maximum absolute atomic E-state index is 12.1. The van der Waals surface area contributed by atoms with Gasteiger partial charge in [-0.1, -0.05) is 23.9 Å². The number of anilines is 1. The van der Waals surface area contributed by atoms with Crippen LogP contribution in [0, 0.1) is 6.92 Å². The molecule has 0 atom stereocenters. The summed E-state index contributed by atoms with van der Waals surface area (Å²) in [5, 5.41) is 19.0. The smallest absolute Gasteiger partial charge is 0.261 e. The van der Waals surface area contributed by atoms with Crippen LogP contribution in [-0.4, -0.2) is 43.9 Å². The number of thiophene rings is 1. The fourth-order valence-electron chi connectivity index (χ4n) is 2.40. The van der Waals surface area contributed by atoms with E-state index in [1.807, 2.05) is 28.3 Å². The fraction of sp³-hybridized carbons (Fsp3) is 0.278. The van der Waals surface area contributed by atoms with E-state index in [0.29, 0.717) is 34.7 Å². The molecular weight excluding hydrogens is 428 g/mol. The zero-order valence-electron chi connectivity index (χ0n) is 15.8. The molecule has 0 unspecified atom stereocenters. The monoisotopic (exact) mass is 448 g/mol. The predicted molar refractivity (Wildman–Crippen MR) is 117 cm³/mol. The van der Waals surface area contributed by atoms with Gasteiger partial charge in [0, 0.05) is 24.9 Å². The van der Waals surface area contributed by atoms with Gasteiger partial charge >= 0.3 is 0 Å². The lowest BCUT2D eigenvalue weighted by atomic mass is 10.3. The molecule has 0 aliphatic rings. The standard InChI is InChI=1S/C18H20N6O2S3/c1-3-8-24-14(6-7-19-16(26)13-5-4-9-27-13)22-23-18(24)29-11-15(25)21-17-20-12(2)10-28-17/h3-5,9-10H,1,6-8,11H2,2H3,(H,19,26)(H,20,21,25). The van der Waals surface area contributed by atoms with E-state index in [4.69, 9.17) is 0 Å². The molecule has 3 aromatic rings. The molecule has 3 rings (SSSR count). The Morgan fingerprint density at radius 1 is 1.34 bits per heavy atom. The molecular formula is C18H20N6O2S3. The minimum Gasteiger partial charge on any atom is -0.351 e. The van der Waals surface area contributed by atoms with Gasteiger partial charge in [-0.15, -0.1) is 39.4 Å². The lowest BCUT2D eigenvalue weighted by Crippen LogP contribution is -2.25. The Kier molecular flexibility index (Phi) is 7.55. The van der Waals surface area contributed by atoms with Crippen LogP contribution in [0.4, 0.5) is 5.13 Å². The van der Waals surface area contributed by atoms with E-state index in [9.17, 15) is 9.59 Å². The van der Waals surface area contributed by atoms with E-state index in [-0.39, 0.29) is 17.6 Å². The van der Waals surface area contributed by atoms with Crippen molar-refractivity contribution in [3.05, 3.63) is 51.9 Å². The molecule has 152 valence electrons. The van der Waals surface area contributed by atoms with E-state index >= 15 is 0 Å². The molecule has 0 bridgehead atoms. The Balaban J connectivity index is 1.54. The Hall–Kier alpha value is -2.50. The maximum atomic E-state index is 12.1. The highest BCUT2D eigenvalue weighted by Crippen LogP contribution is 2.19. The van der Waals surface area contributed by atoms with Gasteiger partial charge in [-0.2, -0.15) is 0 Å². The number of carbonyl (C=O) groups excluding carboxylic acids is 2. The van der Waals surface area contributed by atoms with Gasteiger partial charge in [-0.25, -0.2) is 4.98 Å². The van der Waals surface area contributed by atoms with Gasteiger partial charge in [-0.3, -0.25) is 9.59 Å². The molecule has 29 heavy (non-hydrogen) atoms. The molecule has 0 radical (unpaired) electrons. The highest BCUT2D eigenvalue weighted by atomic mass is 32.2. The van der Waals surface area contributed by atoms with Crippen molar-refractivity contribution in [3.8, 4) is 0 Å². The summed E-state index contributed by atoms with van der Waals surface area (Å²) < 4.78 is 1.90. The number of amides is 2. The summed E-state index contributed by atoms with van der Waals surface area (Å²) in [7, 11) is 0. The number of thioether (sulfide) groups is 1. The molecule has 3 heterocycles. The highest BCUT2D eigenvalue weighted by Gasteiger charge is 2.15. The van der Waals surface area contributed by atoms with Gasteiger partial charge < -0.3 is 15.2 Å². The van der Waals surface area contributed by atoms with Crippen LogP contribution in [0.2, 0.25) is 0 Å². The normalized spacial score (nSPS) is 10.7. The lowest BCUT2D eigenvalue weighted by Gasteiger charge is -2.08. The quantitative estimate of drug-likeness (QED) is 0.365. The van der Waals surface area contributed by atoms with E-state index < -0.39 is 0 Å². The number of aromatic nitrogens is 4. The van der Waals surface area contributed by atoms with E-state index in [1.54, 1.807) is 12.1 Å². The average Bonchev–Trinajstić information content (AvgIpc) is 3.43. The summed E-state index contributed by atoms with van der Waals surface area (Å²) >= 11 is 4.09. The molecule has 0 fully saturated rings. The Morgan fingerprint density at radius 3 is 2.90 bits per heavy atom. The number of rotatable bonds is 10. The van der Waals surface area contributed by atoms with Gasteiger partial charge in [0.15, 0.2) is 10.3 Å². The van der Waals surface area contributed by atoms with Crippen molar-refractivity contribution in [2.24, 2.45) is 0 Å². The van der Waals surface area contributed by atoms with Crippen LogP contribution in [0.1, 0.15) is 21.2 Å². The number of nitrogens with zero attached hydrogens (tertiary/aromatic N) is 4. The summed E-state index contributed by atoms with van der Waals surface area (Å²) in [5.41, 5.74) is 0.875. The molecule has 0 saturated carbocycles. The van der Waals surface area contributed by atoms with Crippen LogP contribution in [-0.2, 0) is 17.8 Å². The molecule has 2 N–H and O–H groups in total. The molecule has 0 saturated heterocycles. The first kappa shape index (κ1) is 21.2. The number of hydrogen-bond donors (Lipinski definition) is 2. The van der Waals surface area contributed by atoms with E-state index in [1.165, 1.54) is 34.4 Å². The first-order valence-corrected chi connectivity index (χ1v) is 11.5. The van der Waals surface area contributed by atoms with Crippen molar-refractivity contribution in [2.45, 2.75) is 25.0 Å². The number of nitrogens with one attached hydrogen (secondary N) is 2. The molecule has 0 aliphatic heterocycles. The Labute approximate surface area is 180 Å². The minimum atomic E-state index is -0.151. The summed E-state index contributed by atoms with van der Waals surface area (Å²) in [4.78, 5) is 29.1. The topological polar surface area (TPSA) is 102 Å². The first-order chi connectivity index (χ1) is 14.1. The second-order valence-electron chi connectivity index (χ2n) is 5.91. The molecule has 11 heteroatoms. The minimum absolute atomic E-state index is 0.0986. The third kappa shape index (κ3) is 5.99. The third-order valence-corrected chi connectivity index (χ3v) is 6.39. The average molecular weight is 449 g/mol. The summed E-state index contributed by atoms with van der Waals surface area (Å²) in [6.45, 7) is 6.62. The van der Waals surface area contributed by atoms with Crippen molar-refractivity contribution in [3.63, 3.8) is 0 Å². The summed E-state index contributed by atoms with van der Waals surface area (Å²) in [5.74, 6) is 0.679. The number of allylic oxidation sites excluding steroid dienone is 1. The van der Waals surface area contributed by atoms with Crippen LogP contribution in [0.15, 0.2) is 40.7 Å². The van der Waals surface area contributed by atoms with Crippen molar-refractivity contribution in [1.82, 2.24) is 25.1 Å². The Morgan fingerprint density at radius 2 is 2.21 bits per heavy atom. The van der Waals surface area contributed by atoms with Crippen molar-refractivity contribution < 1.29 is 9.59 Å². The fourth-order valence-corrected chi connectivity index (χ4v) is 4.51. The number of aryl methyl sites for hydroxylation is 1. The van der Waals surface area contributed by atoms with E-state index in [0.717, 1.165) is 11.5 Å². The third-order valence-electron chi connectivity index (χ3n) is 3.68. The molecule has 8 nitrogen and oxygen atoms in total. The van der Waals surface area contributed by atoms with Crippen LogP contribution in [0.5, 0.6) is 0 Å². The second-order valence-corrected chi connectivity index (χ2v) is 8.66. The lowest BCUT2D eigenvalue weighted by molar-refractivity contribution is -0.113. The van der Waals surface area contributed by atoms with Crippen molar-refractivity contribution >= 4 is 51.4 Å². The van der Waals surface area contributed by atoms with Crippen molar-refractivity contribution in [2.75, 3.05) is 17.6 Å². The van der Waals surface area contributed by atoms with Gasteiger partial charge in [-0.05, 0) is 18.4 Å². The van der Waals surface area contributed by atoms with Crippen LogP contribution in [0.25, 0.3) is 0 Å². The SMILES string of the molecule is C=CCn1c(CCNC(=O)c2cccs2)nnc1SCC(=O)Nc1nc(C)cs1. The first-order valence-electron chi connectivity index (χ1n) is 8.76. The maximum Gasteiger partial charge on any atom is 0.261 e. The number of thiazole rings is 1. The molecule has 2 amide bonds. The largest absolute Gasteiger partial charge is 0.351 e. The van der Waals surface area contributed by atoms with Crippen LogP contribution < -0.4 is 10.6 Å². The molecule has 0 spiro atoms. The zero-order valence-corrected chi connectivity index (χ0v) is 18.2. The second kappa shape index (κ2) is 10.3. The summed E-state index contributed by atoms with van der Waals surface area (Å²) in [6.07, 6.45) is 2.28. The number of hydrogen-bond acceptors (Lipinski definition) is 8.